The zero-order valence-corrected chi connectivity index (χ0v) is 12.7. The number of alkyl halides is 2. The largest absolute Gasteiger partial charge is 0.478 e. The van der Waals surface area contributed by atoms with Crippen LogP contribution in [0.15, 0.2) is 27.4 Å². The molecule has 2 rings (SSSR count). The summed E-state index contributed by atoms with van der Waals surface area (Å²) in [6.07, 6.45) is -0.712. The summed E-state index contributed by atoms with van der Waals surface area (Å²) in [5.41, 5.74) is -1.22. The van der Waals surface area contributed by atoms with Gasteiger partial charge in [0.05, 0.1) is 0 Å². The molecule has 0 aliphatic carbocycles. The Labute approximate surface area is 128 Å². The van der Waals surface area contributed by atoms with Crippen LogP contribution in [-0.4, -0.2) is 26.0 Å². The molecule has 0 aliphatic heterocycles. The van der Waals surface area contributed by atoms with Crippen LogP contribution in [0.1, 0.15) is 22.5 Å². The van der Waals surface area contributed by atoms with Crippen molar-refractivity contribution in [2.24, 2.45) is 0 Å². The van der Waals surface area contributed by atoms with Gasteiger partial charge in [0.2, 0.25) is 0 Å². The van der Waals surface area contributed by atoms with E-state index in [1.807, 2.05) is 0 Å². The minimum absolute atomic E-state index is 0.0790. The summed E-state index contributed by atoms with van der Waals surface area (Å²) in [5.74, 6) is -1.58. The van der Waals surface area contributed by atoms with Crippen LogP contribution in [-0.2, 0) is 0 Å². The molecular weight excluding hydrogens is 404 g/mol. The van der Waals surface area contributed by atoms with Crippen molar-refractivity contribution in [2.75, 3.05) is 0 Å². The maximum absolute atomic E-state index is 12.9. The van der Waals surface area contributed by atoms with Gasteiger partial charge in [-0.1, -0.05) is 0 Å². The Morgan fingerprint density at radius 1 is 1.25 bits per heavy atom. The van der Waals surface area contributed by atoms with Crippen molar-refractivity contribution in [1.29, 1.82) is 0 Å². The summed E-state index contributed by atoms with van der Waals surface area (Å²) < 4.78 is 26.9. The number of carbonyl (C=O) groups is 1. The summed E-state index contributed by atoms with van der Waals surface area (Å²) in [6, 6.07) is 1.65. The van der Waals surface area contributed by atoms with Gasteiger partial charge in [0.25, 0.3) is 6.43 Å². The lowest BCUT2D eigenvalue weighted by Gasteiger charge is -2.07. The Morgan fingerprint density at radius 2 is 1.95 bits per heavy atom. The molecule has 9 heteroatoms. The average Bonchev–Trinajstić information content (AvgIpc) is 2.37. The topological polar surface area (TPSA) is 76.0 Å². The van der Waals surface area contributed by atoms with E-state index in [1.54, 1.807) is 6.07 Å². The smallest absolute Gasteiger partial charge is 0.339 e. The molecule has 1 N–H and O–H groups in total. The number of rotatable bonds is 3. The number of halogens is 4. The van der Waals surface area contributed by atoms with Gasteiger partial charge in [-0.05, 0) is 37.9 Å². The summed E-state index contributed by atoms with van der Waals surface area (Å²) in [6.45, 7) is 0. The number of pyridine rings is 1. The van der Waals surface area contributed by atoms with E-state index in [2.05, 4.69) is 46.8 Å². The SMILES string of the molecule is O=C(O)c1cnc(-c2ncc(Br)cc2Br)nc1C(F)F. The average molecular weight is 409 g/mol. The lowest BCUT2D eigenvalue weighted by Crippen LogP contribution is -2.08. The maximum atomic E-state index is 12.9. The van der Waals surface area contributed by atoms with E-state index >= 15 is 0 Å². The van der Waals surface area contributed by atoms with Gasteiger partial charge in [-0.15, -0.1) is 0 Å². The molecule has 0 radical (unpaired) electrons. The van der Waals surface area contributed by atoms with Crippen LogP contribution >= 0.6 is 31.9 Å². The first-order valence-corrected chi connectivity index (χ1v) is 6.68. The first-order chi connectivity index (χ1) is 9.40. The predicted molar refractivity (Wildman–Crippen MR) is 72.6 cm³/mol. The van der Waals surface area contributed by atoms with Crippen molar-refractivity contribution in [3.05, 3.63) is 38.7 Å². The third kappa shape index (κ3) is 2.98. The minimum atomic E-state index is -3.02. The molecule has 104 valence electrons. The molecule has 2 aromatic heterocycles. The fourth-order valence-electron chi connectivity index (χ4n) is 1.42. The zero-order valence-electron chi connectivity index (χ0n) is 9.52. The molecule has 2 heterocycles. The fourth-order valence-corrected chi connectivity index (χ4v) is 2.58. The summed E-state index contributed by atoms with van der Waals surface area (Å²) >= 11 is 6.42. The highest BCUT2D eigenvalue weighted by Crippen LogP contribution is 2.28. The zero-order chi connectivity index (χ0) is 14.9. The number of aromatic nitrogens is 3. The van der Waals surface area contributed by atoms with Crippen molar-refractivity contribution < 1.29 is 18.7 Å². The molecule has 0 atom stereocenters. The van der Waals surface area contributed by atoms with Gasteiger partial charge in [0.1, 0.15) is 17.0 Å². The van der Waals surface area contributed by atoms with E-state index in [-0.39, 0.29) is 11.5 Å². The third-order valence-corrected chi connectivity index (χ3v) is 3.31. The van der Waals surface area contributed by atoms with E-state index in [9.17, 15) is 13.6 Å². The Morgan fingerprint density at radius 3 is 2.50 bits per heavy atom. The van der Waals surface area contributed by atoms with E-state index in [4.69, 9.17) is 5.11 Å². The van der Waals surface area contributed by atoms with Crippen LogP contribution in [0.25, 0.3) is 11.5 Å². The molecule has 2 aromatic rings. The molecule has 0 saturated heterocycles. The van der Waals surface area contributed by atoms with Crippen molar-refractivity contribution in [2.45, 2.75) is 6.43 Å². The maximum Gasteiger partial charge on any atom is 0.339 e. The highest BCUT2D eigenvalue weighted by atomic mass is 79.9. The molecule has 0 unspecified atom stereocenters. The van der Waals surface area contributed by atoms with Gasteiger partial charge < -0.3 is 5.11 Å². The van der Waals surface area contributed by atoms with Crippen LogP contribution in [0, 0.1) is 0 Å². The number of aromatic carboxylic acids is 1. The van der Waals surface area contributed by atoms with Gasteiger partial charge in [-0.2, -0.15) is 0 Å². The molecule has 0 fully saturated rings. The number of nitrogens with zero attached hydrogens (tertiary/aromatic N) is 3. The van der Waals surface area contributed by atoms with Gasteiger partial charge >= 0.3 is 5.97 Å². The normalized spacial score (nSPS) is 10.8. The van der Waals surface area contributed by atoms with Crippen molar-refractivity contribution in [3.63, 3.8) is 0 Å². The summed E-state index contributed by atoms with van der Waals surface area (Å²) in [7, 11) is 0. The minimum Gasteiger partial charge on any atom is -0.478 e. The van der Waals surface area contributed by atoms with Crippen LogP contribution in [0.5, 0.6) is 0 Å². The molecule has 5 nitrogen and oxygen atoms in total. The molecule has 0 aliphatic rings. The Kier molecular flexibility index (Phi) is 4.39. The van der Waals surface area contributed by atoms with Crippen LogP contribution in [0.4, 0.5) is 8.78 Å². The third-order valence-electron chi connectivity index (χ3n) is 2.27. The van der Waals surface area contributed by atoms with E-state index in [1.165, 1.54) is 6.20 Å². The van der Waals surface area contributed by atoms with Crippen LogP contribution < -0.4 is 0 Å². The highest BCUT2D eigenvalue weighted by molar-refractivity contribution is 9.11. The first kappa shape index (κ1) is 14.9. The fraction of sp³-hybridized carbons (Fsp3) is 0.0909. The van der Waals surface area contributed by atoms with Gasteiger partial charge in [-0.3, -0.25) is 4.98 Å². The molecule has 0 aromatic carbocycles. The second-order valence-corrected chi connectivity index (χ2v) is 5.35. The monoisotopic (exact) mass is 407 g/mol. The lowest BCUT2D eigenvalue weighted by molar-refractivity contribution is 0.0681. The molecule has 0 amide bonds. The van der Waals surface area contributed by atoms with E-state index in [0.29, 0.717) is 8.95 Å². The molecule has 0 spiro atoms. The molecular formula is C11H5Br2F2N3O2. The van der Waals surface area contributed by atoms with Gasteiger partial charge in [0.15, 0.2) is 5.82 Å². The van der Waals surface area contributed by atoms with Crippen molar-refractivity contribution in [1.82, 2.24) is 15.0 Å². The molecule has 0 bridgehead atoms. The lowest BCUT2D eigenvalue weighted by atomic mass is 10.2. The molecule has 0 saturated carbocycles. The van der Waals surface area contributed by atoms with Crippen molar-refractivity contribution >= 4 is 37.8 Å². The van der Waals surface area contributed by atoms with Crippen molar-refractivity contribution in [3.8, 4) is 11.5 Å². The number of hydrogen-bond donors (Lipinski definition) is 1. The Bertz CT molecular complexity index is 683. The highest BCUT2D eigenvalue weighted by Gasteiger charge is 2.22. The van der Waals surface area contributed by atoms with E-state index in [0.717, 1.165) is 6.20 Å². The summed E-state index contributed by atoms with van der Waals surface area (Å²) in [5, 5.41) is 8.82. The number of carboxylic acids is 1. The molecule has 20 heavy (non-hydrogen) atoms. The standard InChI is InChI=1S/C11H5Br2F2N3O2/c12-4-1-6(13)8(16-2-4)10-17-3-5(11(19)20)7(18-10)9(14)15/h1-3,9H,(H,19,20). The second-order valence-electron chi connectivity index (χ2n) is 3.58. The first-order valence-electron chi connectivity index (χ1n) is 5.10. The number of carboxylic acid groups (broad SMARTS) is 1. The Hall–Kier alpha value is -1.48. The quantitative estimate of drug-likeness (QED) is 0.837. The second kappa shape index (κ2) is 5.88. The number of hydrogen-bond acceptors (Lipinski definition) is 4. The van der Waals surface area contributed by atoms with E-state index < -0.39 is 23.7 Å². The van der Waals surface area contributed by atoms with Gasteiger partial charge in [-0.25, -0.2) is 23.5 Å². The predicted octanol–water partition coefficient (Wildman–Crippen LogP) is 3.70. The van der Waals surface area contributed by atoms with Crippen LogP contribution in [0.3, 0.4) is 0 Å². The Balaban J connectivity index is 2.59. The van der Waals surface area contributed by atoms with Crippen LogP contribution in [0.2, 0.25) is 0 Å². The summed E-state index contributed by atoms with van der Waals surface area (Å²) in [4.78, 5) is 22.2. The van der Waals surface area contributed by atoms with Gasteiger partial charge in [0, 0.05) is 21.3 Å².